The van der Waals surface area contributed by atoms with E-state index in [4.69, 9.17) is 9.47 Å². The molecule has 0 bridgehead atoms. The Bertz CT molecular complexity index is 719. The van der Waals surface area contributed by atoms with Crippen LogP contribution in [0, 0.1) is 0 Å². The van der Waals surface area contributed by atoms with Crippen molar-refractivity contribution >= 4 is 41.3 Å². The number of aliphatic imine (C=N–C) groups is 1. The van der Waals surface area contributed by atoms with Crippen LogP contribution < -0.4 is 20.1 Å². The van der Waals surface area contributed by atoms with E-state index in [0.29, 0.717) is 24.8 Å². The van der Waals surface area contributed by atoms with Crippen molar-refractivity contribution in [2.45, 2.75) is 32.9 Å². The second kappa shape index (κ2) is 11.2. The van der Waals surface area contributed by atoms with Gasteiger partial charge in [0.25, 0.3) is 0 Å². The van der Waals surface area contributed by atoms with E-state index in [9.17, 15) is 0 Å². The molecule has 0 spiro atoms. The van der Waals surface area contributed by atoms with Crippen LogP contribution in [0.1, 0.15) is 36.0 Å². The maximum absolute atomic E-state index is 5.33. The zero-order chi connectivity index (χ0) is 18.2. The first-order chi connectivity index (χ1) is 12.1. The van der Waals surface area contributed by atoms with Crippen LogP contribution in [0.25, 0.3) is 0 Å². The van der Waals surface area contributed by atoms with Crippen molar-refractivity contribution in [2.75, 3.05) is 21.3 Å². The Balaban J connectivity index is 0.00000338. The van der Waals surface area contributed by atoms with Gasteiger partial charge in [0.2, 0.25) is 0 Å². The highest BCUT2D eigenvalue weighted by Crippen LogP contribution is 2.27. The first-order valence-electron chi connectivity index (χ1n) is 8.17. The fraction of sp³-hybridized carbons (Fsp3) is 0.444. The van der Waals surface area contributed by atoms with Gasteiger partial charge in [-0.3, -0.25) is 4.99 Å². The summed E-state index contributed by atoms with van der Waals surface area (Å²) in [7, 11) is 5.02. The molecule has 144 valence electrons. The lowest BCUT2D eigenvalue weighted by molar-refractivity contribution is 0.354. The van der Waals surface area contributed by atoms with E-state index in [1.807, 2.05) is 18.2 Å². The number of ether oxygens (including phenoxy) is 2. The molecule has 2 aromatic rings. The number of benzene rings is 1. The molecule has 6 nitrogen and oxygen atoms in total. The Morgan fingerprint density at radius 3 is 2.42 bits per heavy atom. The van der Waals surface area contributed by atoms with Crippen LogP contribution in [-0.4, -0.2) is 32.2 Å². The van der Waals surface area contributed by atoms with Crippen LogP contribution >= 0.6 is 35.3 Å². The number of nitrogens with one attached hydrogen (secondary N) is 2. The van der Waals surface area contributed by atoms with Gasteiger partial charge in [-0.15, -0.1) is 35.3 Å². The summed E-state index contributed by atoms with van der Waals surface area (Å²) in [5.74, 6) is 2.62. The van der Waals surface area contributed by atoms with Gasteiger partial charge < -0.3 is 20.1 Å². The van der Waals surface area contributed by atoms with Crippen molar-refractivity contribution in [1.82, 2.24) is 15.6 Å². The third-order valence-corrected chi connectivity index (χ3v) is 4.57. The van der Waals surface area contributed by atoms with Crippen LogP contribution in [0.2, 0.25) is 0 Å². The summed E-state index contributed by atoms with van der Waals surface area (Å²) in [5.41, 5.74) is 2.21. The standard InChI is InChI=1S/C18H26N4O2S.HI/c1-12(2)14-11-25-17(22-14)10-21-18(19-3)20-9-13-6-7-15(23-4)16(8-13)24-5;/h6-8,11-12H,9-10H2,1-5H3,(H2,19,20,21);1H. The van der Waals surface area contributed by atoms with Gasteiger partial charge >= 0.3 is 0 Å². The zero-order valence-electron chi connectivity index (χ0n) is 15.8. The van der Waals surface area contributed by atoms with Gasteiger partial charge in [0.15, 0.2) is 17.5 Å². The molecule has 0 fully saturated rings. The Morgan fingerprint density at radius 2 is 1.85 bits per heavy atom. The summed E-state index contributed by atoms with van der Waals surface area (Å²) in [6, 6.07) is 5.85. The van der Waals surface area contributed by atoms with E-state index in [-0.39, 0.29) is 24.0 Å². The molecule has 0 aliphatic rings. The van der Waals surface area contributed by atoms with Crippen molar-refractivity contribution in [1.29, 1.82) is 0 Å². The van der Waals surface area contributed by atoms with Gasteiger partial charge in [-0.2, -0.15) is 0 Å². The minimum atomic E-state index is 0. The molecule has 8 heteroatoms. The molecular formula is C18H27IN4O2S. The van der Waals surface area contributed by atoms with Crippen LogP contribution in [0.5, 0.6) is 11.5 Å². The number of halogens is 1. The van der Waals surface area contributed by atoms with Crippen LogP contribution in [0.3, 0.4) is 0 Å². The first-order valence-corrected chi connectivity index (χ1v) is 9.05. The third-order valence-electron chi connectivity index (χ3n) is 3.70. The molecule has 2 N–H and O–H groups in total. The summed E-state index contributed by atoms with van der Waals surface area (Å²) >= 11 is 1.67. The Kier molecular flexibility index (Phi) is 9.71. The SMILES string of the molecule is CN=C(NCc1ccc(OC)c(OC)c1)NCc1nc(C(C)C)cs1.I. The molecule has 2 rings (SSSR count). The number of aromatic nitrogens is 1. The Labute approximate surface area is 176 Å². The molecule has 0 amide bonds. The van der Waals surface area contributed by atoms with Gasteiger partial charge in [0.1, 0.15) is 5.01 Å². The van der Waals surface area contributed by atoms with Crippen molar-refractivity contribution in [3.05, 3.63) is 39.8 Å². The molecule has 0 radical (unpaired) electrons. The van der Waals surface area contributed by atoms with Crippen molar-refractivity contribution < 1.29 is 9.47 Å². The second-order valence-electron chi connectivity index (χ2n) is 5.79. The highest BCUT2D eigenvalue weighted by Gasteiger charge is 2.07. The molecular weight excluding hydrogens is 463 g/mol. The van der Waals surface area contributed by atoms with Crippen LogP contribution in [-0.2, 0) is 13.1 Å². The summed E-state index contributed by atoms with van der Waals surface area (Å²) in [5, 5.41) is 9.75. The molecule has 26 heavy (non-hydrogen) atoms. The topological polar surface area (TPSA) is 67.8 Å². The molecule has 0 saturated carbocycles. The average Bonchev–Trinajstić information content (AvgIpc) is 3.11. The molecule has 0 aliphatic heterocycles. The molecule has 1 aromatic carbocycles. The number of methoxy groups -OCH3 is 2. The first kappa shape index (κ1) is 22.5. The van der Waals surface area contributed by atoms with Gasteiger partial charge in [-0.1, -0.05) is 19.9 Å². The van der Waals surface area contributed by atoms with E-state index >= 15 is 0 Å². The van der Waals surface area contributed by atoms with Crippen LogP contribution in [0.4, 0.5) is 0 Å². The average molecular weight is 490 g/mol. The number of thiazole rings is 1. The summed E-state index contributed by atoms with van der Waals surface area (Å²) in [6.07, 6.45) is 0. The lowest BCUT2D eigenvalue weighted by Crippen LogP contribution is -2.36. The van der Waals surface area contributed by atoms with E-state index in [2.05, 4.69) is 39.8 Å². The minimum Gasteiger partial charge on any atom is -0.493 e. The second-order valence-corrected chi connectivity index (χ2v) is 6.73. The fourth-order valence-electron chi connectivity index (χ4n) is 2.23. The highest BCUT2D eigenvalue weighted by molar-refractivity contribution is 14.0. The Morgan fingerprint density at radius 1 is 1.15 bits per heavy atom. The van der Waals surface area contributed by atoms with Crippen molar-refractivity contribution in [2.24, 2.45) is 4.99 Å². The minimum absolute atomic E-state index is 0. The van der Waals surface area contributed by atoms with Gasteiger partial charge in [0.05, 0.1) is 26.5 Å². The number of rotatable bonds is 7. The van der Waals surface area contributed by atoms with Crippen molar-refractivity contribution in [3.8, 4) is 11.5 Å². The summed E-state index contributed by atoms with van der Waals surface area (Å²) in [6.45, 7) is 5.59. The molecule has 0 saturated heterocycles. The van der Waals surface area contributed by atoms with E-state index < -0.39 is 0 Å². The number of hydrogen-bond acceptors (Lipinski definition) is 5. The normalized spacial score (nSPS) is 11.1. The molecule has 1 aromatic heterocycles. The largest absolute Gasteiger partial charge is 0.493 e. The van der Waals surface area contributed by atoms with Gasteiger partial charge in [-0.05, 0) is 23.6 Å². The smallest absolute Gasteiger partial charge is 0.191 e. The molecule has 1 heterocycles. The van der Waals surface area contributed by atoms with E-state index in [1.54, 1.807) is 32.6 Å². The maximum atomic E-state index is 5.33. The lowest BCUT2D eigenvalue weighted by Gasteiger charge is -2.13. The van der Waals surface area contributed by atoms with Gasteiger partial charge in [-0.25, -0.2) is 4.98 Å². The van der Waals surface area contributed by atoms with Crippen LogP contribution in [0.15, 0.2) is 28.6 Å². The summed E-state index contributed by atoms with van der Waals surface area (Å²) < 4.78 is 10.6. The predicted molar refractivity (Wildman–Crippen MR) is 118 cm³/mol. The predicted octanol–water partition coefficient (Wildman–Crippen LogP) is 3.77. The quantitative estimate of drug-likeness (QED) is 0.352. The fourth-order valence-corrected chi connectivity index (χ4v) is 3.12. The number of nitrogens with zero attached hydrogens (tertiary/aromatic N) is 2. The maximum Gasteiger partial charge on any atom is 0.191 e. The lowest BCUT2D eigenvalue weighted by atomic mass is 10.2. The third kappa shape index (κ3) is 6.31. The summed E-state index contributed by atoms with van der Waals surface area (Å²) in [4.78, 5) is 8.87. The molecule has 0 aliphatic carbocycles. The number of hydrogen-bond donors (Lipinski definition) is 2. The highest BCUT2D eigenvalue weighted by atomic mass is 127. The monoisotopic (exact) mass is 490 g/mol. The molecule has 0 unspecified atom stereocenters. The zero-order valence-corrected chi connectivity index (χ0v) is 19.0. The van der Waals surface area contributed by atoms with E-state index in [1.165, 1.54) is 0 Å². The molecule has 0 atom stereocenters. The van der Waals surface area contributed by atoms with Crippen molar-refractivity contribution in [3.63, 3.8) is 0 Å². The Hall–Kier alpha value is -1.55. The number of guanidine groups is 1. The van der Waals surface area contributed by atoms with Gasteiger partial charge in [0, 0.05) is 19.0 Å². The van der Waals surface area contributed by atoms with E-state index in [0.717, 1.165) is 28.0 Å².